The van der Waals surface area contributed by atoms with Gasteiger partial charge in [-0.3, -0.25) is 4.79 Å². The molecule has 0 amide bonds. The summed E-state index contributed by atoms with van der Waals surface area (Å²) in [6.07, 6.45) is 0. The molecule has 2 N–H and O–H groups in total. The molecule has 2 rings (SSSR count). The lowest BCUT2D eigenvalue weighted by molar-refractivity contribution is 1.06. The maximum Gasteiger partial charge on any atom is 0.304 e. The third-order valence-electron chi connectivity index (χ3n) is 2.34. The van der Waals surface area contributed by atoms with Crippen molar-refractivity contribution in [3.8, 4) is 6.07 Å². The van der Waals surface area contributed by atoms with Gasteiger partial charge >= 0.3 is 4.87 Å². The first-order valence-electron chi connectivity index (χ1n) is 5.10. The molecule has 0 radical (unpaired) electrons. The number of rotatable bonds is 3. The molecule has 0 saturated heterocycles. The number of nitrogens with zero attached hydrogens (tertiary/aromatic N) is 1. The lowest BCUT2D eigenvalue weighted by Crippen LogP contribution is -2.04. The van der Waals surface area contributed by atoms with Crippen molar-refractivity contribution in [2.24, 2.45) is 0 Å². The molecule has 0 aliphatic heterocycles. The molecule has 0 unspecified atom stereocenters. The van der Waals surface area contributed by atoms with Gasteiger partial charge in [0.15, 0.2) is 0 Å². The molecular formula is C12H11N3OS. The Bertz CT molecular complexity index is 621. The maximum atomic E-state index is 11.0. The molecule has 1 aromatic heterocycles. The van der Waals surface area contributed by atoms with Crippen molar-refractivity contribution in [3.05, 3.63) is 50.1 Å². The third-order valence-corrected chi connectivity index (χ3v) is 3.05. The molecular weight excluding hydrogens is 234 g/mol. The summed E-state index contributed by atoms with van der Waals surface area (Å²) in [7, 11) is 0. The number of benzene rings is 1. The summed E-state index contributed by atoms with van der Waals surface area (Å²) in [5.74, 6) is 0. The molecule has 0 fully saturated rings. The van der Waals surface area contributed by atoms with Gasteiger partial charge in [-0.25, -0.2) is 0 Å². The van der Waals surface area contributed by atoms with Crippen LogP contribution >= 0.6 is 11.3 Å². The van der Waals surface area contributed by atoms with Crippen molar-refractivity contribution in [3.63, 3.8) is 0 Å². The highest BCUT2D eigenvalue weighted by atomic mass is 32.1. The molecule has 0 bridgehead atoms. The average molecular weight is 245 g/mol. The number of hydrogen-bond donors (Lipinski definition) is 2. The zero-order valence-corrected chi connectivity index (χ0v) is 10.1. The SMILES string of the molecule is Cc1ccc(NCc2csc(=O)[nH]2)c(C#N)c1. The van der Waals surface area contributed by atoms with Crippen LogP contribution in [0.5, 0.6) is 0 Å². The van der Waals surface area contributed by atoms with Gasteiger partial charge < -0.3 is 10.3 Å². The predicted octanol–water partition coefficient (Wildman–Crippen LogP) is 2.23. The van der Waals surface area contributed by atoms with Gasteiger partial charge in [-0.15, -0.1) is 0 Å². The van der Waals surface area contributed by atoms with Gasteiger partial charge in [-0.05, 0) is 24.6 Å². The van der Waals surface area contributed by atoms with Gasteiger partial charge in [-0.1, -0.05) is 17.4 Å². The fourth-order valence-corrected chi connectivity index (χ4v) is 2.08. The van der Waals surface area contributed by atoms with Gasteiger partial charge in [0.1, 0.15) is 6.07 Å². The van der Waals surface area contributed by atoms with Crippen LogP contribution in [0.25, 0.3) is 0 Å². The number of hydrogen-bond acceptors (Lipinski definition) is 4. The quantitative estimate of drug-likeness (QED) is 0.871. The third kappa shape index (κ3) is 2.74. The summed E-state index contributed by atoms with van der Waals surface area (Å²) in [4.78, 5) is 13.6. The van der Waals surface area contributed by atoms with E-state index in [2.05, 4.69) is 16.4 Å². The number of aromatic amines is 1. The highest BCUT2D eigenvalue weighted by Crippen LogP contribution is 2.16. The van der Waals surface area contributed by atoms with Gasteiger partial charge in [0.2, 0.25) is 0 Å². The van der Waals surface area contributed by atoms with Gasteiger partial charge in [0.25, 0.3) is 0 Å². The van der Waals surface area contributed by atoms with Crippen LogP contribution in [-0.4, -0.2) is 4.98 Å². The Balaban J connectivity index is 2.14. The molecule has 17 heavy (non-hydrogen) atoms. The molecule has 5 heteroatoms. The Kier molecular flexibility index (Phi) is 3.26. The minimum Gasteiger partial charge on any atom is -0.378 e. The predicted molar refractivity (Wildman–Crippen MR) is 68.2 cm³/mol. The fourth-order valence-electron chi connectivity index (χ4n) is 1.50. The van der Waals surface area contributed by atoms with Crippen molar-refractivity contribution in [1.29, 1.82) is 5.26 Å². The van der Waals surface area contributed by atoms with Gasteiger partial charge in [-0.2, -0.15) is 5.26 Å². The topological polar surface area (TPSA) is 68.7 Å². The highest BCUT2D eigenvalue weighted by molar-refractivity contribution is 7.07. The van der Waals surface area contributed by atoms with Crippen molar-refractivity contribution in [2.45, 2.75) is 13.5 Å². The minimum absolute atomic E-state index is 0.0637. The Labute approximate surface area is 103 Å². The van der Waals surface area contributed by atoms with Crippen LogP contribution in [0.15, 0.2) is 28.4 Å². The Morgan fingerprint density at radius 1 is 1.53 bits per heavy atom. The van der Waals surface area contributed by atoms with Crippen LogP contribution in [0, 0.1) is 18.3 Å². The smallest absolute Gasteiger partial charge is 0.304 e. The van der Waals surface area contributed by atoms with Crippen LogP contribution in [-0.2, 0) is 6.54 Å². The van der Waals surface area contributed by atoms with Crippen molar-refractivity contribution < 1.29 is 0 Å². The molecule has 86 valence electrons. The number of anilines is 1. The van der Waals surface area contributed by atoms with E-state index in [1.807, 2.05) is 25.1 Å². The first-order chi connectivity index (χ1) is 8.19. The molecule has 0 aliphatic carbocycles. The highest BCUT2D eigenvalue weighted by Gasteiger charge is 2.02. The van der Waals surface area contributed by atoms with Crippen LogP contribution in [0.2, 0.25) is 0 Å². The zero-order valence-electron chi connectivity index (χ0n) is 9.28. The lowest BCUT2D eigenvalue weighted by Gasteiger charge is -2.07. The van der Waals surface area contributed by atoms with Crippen LogP contribution in [0.4, 0.5) is 5.69 Å². The number of aromatic nitrogens is 1. The van der Waals surface area contributed by atoms with Crippen LogP contribution in [0.1, 0.15) is 16.8 Å². The molecule has 0 aliphatic rings. The number of nitriles is 1. The molecule has 0 atom stereocenters. The van der Waals surface area contributed by atoms with Crippen LogP contribution in [0.3, 0.4) is 0 Å². The maximum absolute atomic E-state index is 11.0. The van der Waals surface area contributed by atoms with E-state index in [0.717, 1.165) is 28.3 Å². The number of nitrogens with one attached hydrogen (secondary N) is 2. The van der Waals surface area contributed by atoms with E-state index in [-0.39, 0.29) is 4.87 Å². The lowest BCUT2D eigenvalue weighted by atomic mass is 10.1. The Hall–Kier alpha value is -2.06. The van der Waals surface area contributed by atoms with Gasteiger partial charge in [0, 0.05) is 11.1 Å². The van der Waals surface area contributed by atoms with Crippen molar-refractivity contribution >= 4 is 17.0 Å². The van der Waals surface area contributed by atoms with Crippen molar-refractivity contribution in [2.75, 3.05) is 5.32 Å². The Morgan fingerprint density at radius 2 is 2.35 bits per heavy atom. The largest absolute Gasteiger partial charge is 0.378 e. The summed E-state index contributed by atoms with van der Waals surface area (Å²) in [5, 5.41) is 13.9. The summed E-state index contributed by atoms with van der Waals surface area (Å²) in [6.45, 7) is 2.46. The van der Waals surface area contributed by atoms with E-state index in [1.54, 1.807) is 5.38 Å². The number of thiazole rings is 1. The Morgan fingerprint density at radius 3 is 3.00 bits per heavy atom. The second-order valence-electron chi connectivity index (χ2n) is 3.69. The number of H-pyrrole nitrogens is 1. The average Bonchev–Trinajstić information content (AvgIpc) is 2.73. The summed E-state index contributed by atoms with van der Waals surface area (Å²) in [6, 6.07) is 7.80. The van der Waals surface area contributed by atoms with Gasteiger partial charge in [0.05, 0.1) is 17.8 Å². The summed E-state index contributed by atoms with van der Waals surface area (Å²) >= 11 is 1.14. The first-order valence-corrected chi connectivity index (χ1v) is 5.98. The van der Waals surface area contributed by atoms with E-state index in [0.29, 0.717) is 12.1 Å². The second-order valence-corrected chi connectivity index (χ2v) is 4.53. The summed E-state index contributed by atoms with van der Waals surface area (Å²) < 4.78 is 0. The fraction of sp³-hybridized carbons (Fsp3) is 0.167. The molecule has 4 nitrogen and oxygen atoms in total. The van der Waals surface area contributed by atoms with Crippen LogP contribution < -0.4 is 10.2 Å². The number of aryl methyl sites for hydroxylation is 1. The molecule has 0 saturated carbocycles. The van der Waals surface area contributed by atoms with Crippen molar-refractivity contribution in [1.82, 2.24) is 4.98 Å². The molecule has 1 aromatic carbocycles. The second kappa shape index (κ2) is 4.85. The summed E-state index contributed by atoms with van der Waals surface area (Å²) in [5.41, 5.74) is 3.27. The van der Waals surface area contributed by atoms with E-state index in [9.17, 15) is 4.79 Å². The standard InChI is InChI=1S/C12H11N3OS/c1-8-2-3-11(9(4-8)5-13)14-6-10-7-17-12(16)15-10/h2-4,7,14H,6H2,1H3,(H,15,16). The van der Waals surface area contributed by atoms with E-state index in [1.165, 1.54) is 0 Å². The monoisotopic (exact) mass is 245 g/mol. The zero-order chi connectivity index (χ0) is 12.3. The molecule has 0 spiro atoms. The van der Waals surface area contributed by atoms with E-state index >= 15 is 0 Å². The minimum atomic E-state index is -0.0637. The van der Waals surface area contributed by atoms with E-state index in [4.69, 9.17) is 5.26 Å². The molecule has 1 heterocycles. The van der Waals surface area contributed by atoms with E-state index < -0.39 is 0 Å². The molecule has 2 aromatic rings. The normalized spacial score (nSPS) is 9.88. The first kappa shape index (κ1) is 11.4.